The van der Waals surface area contributed by atoms with Gasteiger partial charge >= 0.3 is 0 Å². The molecular formula is C24H24N4OS. The molecule has 0 radical (unpaired) electrons. The number of hydrogen-bond acceptors (Lipinski definition) is 5. The fraction of sp³-hybridized carbons (Fsp3) is 0.250. The Morgan fingerprint density at radius 3 is 2.23 bits per heavy atom. The highest BCUT2D eigenvalue weighted by Gasteiger charge is 2.19. The third-order valence-electron chi connectivity index (χ3n) is 5.67. The van der Waals surface area contributed by atoms with Crippen molar-refractivity contribution in [2.24, 2.45) is 0 Å². The van der Waals surface area contributed by atoms with Crippen molar-refractivity contribution < 1.29 is 0 Å². The minimum atomic E-state index is -0.0161. The predicted molar refractivity (Wildman–Crippen MR) is 123 cm³/mol. The average molecular weight is 417 g/mol. The van der Waals surface area contributed by atoms with Crippen LogP contribution < -0.4 is 5.56 Å². The molecule has 6 heteroatoms. The van der Waals surface area contributed by atoms with Crippen molar-refractivity contribution in [2.45, 2.75) is 13.2 Å². The Labute approximate surface area is 179 Å². The molecule has 0 aliphatic carbocycles. The first kappa shape index (κ1) is 19.2. The minimum absolute atomic E-state index is 0.0161. The van der Waals surface area contributed by atoms with Crippen LogP contribution >= 0.6 is 11.3 Å². The highest BCUT2D eigenvalue weighted by atomic mass is 32.1. The molecule has 1 aliphatic heterocycles. The molecule has 0 amide bonds. The number of benzene rings is 2. The monoisotopic (exact) mass is 416 g/mol. The molecule has 0 N–H and O–H groups in total. The van der Waals surface area contributed by atoms with Gasteiger partial charge in [-0.15, -0.1) is 11.3 Å². The van der Waals surface area contributed by atoms with Crippen LogP contribution in [-0.2, 0) is 13.2 Å². The summed E-state index contributed by atoms with van der Waals surface area (Å²) in [5, 5.41) is 8.49. The van der Waals surface area contributed by atoms with Crippen LogP contribution in [0.15, 0.2) is 76.9 Å². The molecule has 152 valence electrons. The molecule has 0 spiro atoms. The summed E-state index contributed by atoms with van der Waals surface area (Å²) < 4.78 is 1.64. The van der Waals surface area contributed by atoms with Gasteiger partial charge < -0.3 is 0 Å². The highest BCUT2D eigenvalue weighted by molar-refractivity contribution is 7.13. The largest absolute Gasteiger partial charge is 0.297 e. The Kier molecular flexibility index (Phi) is 5.45. The quantitative estimate of drug-likeness (QED) is 0.495. The van der Waals surface area contributed by atoms with Crippen molar-refractivity contribution in [1.29, 1.82) is 0 Å². The molecule has 0 unspecified atom stereocenters. The molecule has 0 atom stereocenters. The second kappa shape index (κ2) is 8.52. The van der Waals surface area contributed by atoms with Gasteiger partial charge in [-0.25, -0.2) is 4.68 Å². The summed E-state index contributed by atoms with van der Waals surface area (Å²) in [7, 11) is 0. The van der Waals surface area contributed by atoms with Gasteiger partial charge in [-0.05, 0) is 23.1 Å². The van der Waals surface area contributed by atoms with Crippen LogP contribution in [0.2, 0.25) is 0 Å². The summed E-state index contributed by atoms with van der Waals surface area (Å²) in [6.07, 6.45) is 0. The summed E-state index contributed by atoms with van der Waals surface area (Å²) in [4.78, 5) is 19.0. The standard InChI is InChI=1S/C24H24N4OS/c29-24-21-10-5-4-9-20(21)23(22-11-6-16-30-22)25-28(24)18-27-14-12-26(13-15-27)17-19-7-2-1-3-8-19/h1-11,16H,12-15,17-18H2. The molecule has 3 heterocycles. The average Bonchev–Trinajstić information content (AvgIpc) is 3.32. The van der Waals surface area contributed by atoms with Crippen LogP contribution in [0.1, 0.15) is 5.56 Å². The Morgan fingerprint density at radius 1 is 0.800 bits per heavy atom. The molecule has 30 heavy (non-hydrogen) atoms. The van der Waals surface area contributed by atoms with Crippen molar-refractivity contribution in [3.05, 3.63) is 88.0 Å². The van der Waals surface area contributed by atoms with Gasteiger partial charge in [0.2, 0.25) is 0 Å². The number of aromatic nitrogens is 2. The maximum absolute atomic E-state index is 13.1. The zero-order valence-corrected chi connectivity index (χ0v) is 17.6. The smallest absolute Gasteiger partial charge is 0.275 e. The Balaban J connectivity index is 1.35. The lowest BCUT2D eigenvalue weighted by atomic mass is 10.1. The Hall–Kier alpha value is -2.80. The topological polar surface area (TPSA) is 41.4 Å². The van der Waals surface area contributed by atoms with Crippen LogP contribution in [0, 0.1) is 0 Å². The second-order valence-corrected chi connectivity index (χ2v) is 8.65. The van der Waals surface area contributed by atoms with E-state index in [-0.39, 0.29) is 5.56 Å². The maximum Gasteiger partial charge on any atom is 0.275 e. The Bertz CT molecular complexity index is 1180. The zero-order chi connectivity index (χ0) is 20.3. The SMILES string of the molecule is O=c1c2ccccc2c(-c2cccs2)nn1CN1CCN(Cc2ccccc2)CC1. The number of nitrogens with zero attached hydrogens (tertiary/aromatic N) is 4. The van der Waals surface area contributed by atoms with E-state index in [9.17, 15) is 4.79 Å². The van der Waals surface area contributed by atoms with E-state index < -0.39 is 0 Å². The first-order chi connectivity index (χ1) is 14.8. The van der Waals surface area contributed by atoms with Crippen LogP contribution in [0.5, 0.6) is 0 Å². The molecule has 0 bridgehead atoms. The van der Waals surface area contributed by atoms with E-state index in [1.807, 2.05) is 35.7 Å². The van der Waals surface area contributed by atoms with E-state index in [0.29, 0.717) is 6.67 Å². The lowest BCUT2D eigenvalue weighted by Gasteiger charge is -2.34. The van der Waals surface area contributed by atoms with Crippen molar-refractivity contribution in [2.75, 3.05) is 26.2 Å². The molecule has 1 fully saturated rings. The van der Waals surface area contributed by atoms with E-state index in [4.69, 9.17) is 5.10 Å². The first-order valence-corrected chi connectivity index (χ1v) is 11.2. The highest BCUT2D eigenvalue weighted by Crippen LogP contribution is 2.28. The van der Waals surface area contributed by atoms with Crippen molar-refractivity contribution >= 4 is 22.1 Å². The zero-order valence-electron chi connectivity index (χ0n) is 16.8. The minimum Gasteiger partial charge on any atom is -0.297 e. The van der Waals surface area contributed by atoms with Crippen molar-refractivity contribution in [3.63, 3.8) is 0 Å². The molecule has 1 aliphatic rings. The van der Waals surface area contributed by atoms with Crippen molar-refractivity contribution in [3.8, 4) is 10.6 Å². The predicted octanol–water partition coefficient (Wildman–Crippen LogP) is 3.90. The molecule has 1 saturated heterocycles. The van der Waals surface area contributed by atoms with E-state index in [0.717, 1.165) is 54.1 Å². The van der Waals surface area contributed by atoms with Gasteiger partial charge in [0.1, 0.15) is 5.69 Å². The molecule has 5 nitrogen and oxygen atoms in total. The third kappa shape index (κ3) is 3.94. The summed E-state index contributed by atoms with van der Waals surface area (Å²) in [6, 6.07) is 22.5. The molecule has 2 aromatic heterocycles. The Morgan fingerprint density at radius 2 is 1.50 bits per heavy atom. The molecule has 0 saturated carbocycles. The summed E-state index contributed by atoms with van der Waals surface area (Å²) >= 11 is 1.65. The van der Waals surface area contributed by atoms with Crippen LogP contribution in [0.4, 0.5) is 0 Å². The van der Waals surface area contributed by atoms with Crippen LogP contribution in [0.25, 0.3) is 21.3 Å². The van der Waals surface area contributed by atoms with Gasteiger partial charge in [0.15, 0.2) is 0 Å². The molecular weight excluding hydrogens is 392 g/mol. The lowest BCUT2D eigenvalue weighted by Crippen LogP contribution is -2.47. The summed E-state index contributed by atoms with van der Waals surface area (Å²) in [6.45, 7) is 5.36. The van der Waals surface area contributed by atoms with Crippen molar-refractivity contribution in [1.82, 2.24) is 19.6 Å². The normalized spacial score (nSPS) is 15.6. The molecule has 4 aromatic rings. The van der Waals surface area contributed by atoms with E-state index >= 15 is 0 Å². The van der Waals surface area contributed by atoms with Gasteiger partial charge in [-0.2, -0.15) is 5.10 Å². The molecule has 2 aromatic carbocycles. The summed E-state index contributed by atoms with van der Waals surface area (Å²) in [5.41, 5.74) is 2.22. The fourth-order valence-electron chi connectivity index (χ4n) is 4.05. The van der Waals surface area contributed by atoms with E-state index in [1.54, 1.807) is 16.0 Å². The summed E-state index contributed by atoms with van der Waals surface area (Å²) in [5.74, 6) is 0. The van der Waals surface area contributed by atoms with Gasteiger partial charge in [-0.1, -0.05) is 54.6 Å². The fourth-order valence-corrected chi connectivity index (χ4v) is 4.77. The number of fused-ring (bicyclic) bond motifs is 1. The van der Waals surface area contributed by atoms with Crippen LogP contribution in [0.3, 0.4) is 0 Å². The van der Waals surface area contributed by atoms with Crippen LogP contribution in [-0.4, -0.2) is 45.8 Å². The van der Waals surface area contributed by atoms with Gasteiger partial charge in [0, 0.05) is 38.1 Å². The first-order valence-electron chi connectivity index (χ1n) is 10.3. The molecule has 5 rings (SSSR count). The number of hydrogen-bond donors (Lipinski definition) is 0. The number of thiophene rings is 1. The van der Waals surface area contributed by atoms with Gasteiger partial charge in [0.25, 0.3) is 5.56 Å². The third-order valence-corrected chi connectivity index (χ3v) is 6.55. The van der Waals surface area contributed by atoms with E-state index in [1.165, 1.54) is 5.56 Å². The van der Waals surface area contributed by atoms with E-state index in [2.05, 4.69) is 46.2 Å². The number of rotatable bonds is 5. The van der Waals surface area contributed by atoms with Gasteiger partial charge in [-0.3, -0.25) is 14.6 Å². The second-order valence-electron chi connectivity index (χ2n) is 7.70. The maximum atomic E-state index is 13.1. The van der Waals surface area contributed by atoms with Gasteiger partial charge in [0.05, 0.1) is 16.9 Å². The lowest BCUT2D eigenvalue weighted by molar-refractivity contribution is 0.0973. The number of piperazine rings is 1.